The number of likely N-dealkylation sites (tertiary alicyclic amines) is 1. The highest BCUT2D eigenvalue weighted by Crippen LogP contribution is 2.38. The lowest BCUT2D eigenvalue weighted by Gasteiger charge is -2.38. The number of piperidine rings is 1. The van der Waals surface area contributed by atoms with Crippen LogP contribution in [0, 0.1) is 5.92 Å². The number of rotatable bonds is 1. The molecule has 2 fully saturated rings. The van der Waals surface area contributed by atoms with Gasteiger partial charge in [0.1, 0.15) is 0 Å². The van der Waals surface area contributed by atoms with E-state index in [-0.39, 0.29) is 5.60 Å². The molecule has 0 unspecified atom stereocenters. The lowest BCUT2D eigenvalue weighted by Crippen LogP contribution is -2.43. The van der Waals surface area contributed by atoms with Gasteiger partial charge in [-0.15, -0.1) is 0 Å². The Labute approximate surface area is 81.3 Å². The van der Waals surface area contributed by atoms with Crippen molar-refractivity contribution in [3.8, 4) is 0 Å². The van der Waals surface area contributed by atoms with Crippen molar-refractivity contribution < 1.29 is 4.74 Å². The van der Waals surface area contributed by atoms with Crippen LogP contribution in [0.5, 0.6) is 0 Å². The van der Waals surface area contributed by atoms with E-state index in [4.69, 9.17) is 4.74 Å². The molecule has 0 N–H and O–H groups in total. The lowest BCUT2D eigenvalue weighted by atomic mass is 9.86. The Morgan fingerprint density at radius 3 is 2.54 bits per heavy atom. The first kappa shape index (κ1) is 9.47. The summed E-state index contributed by atoms with van der Waals surface area (Å²) in [5.41, 5.74) is 0.283. The maximum atomic E-state index is 5.96. The molecule has 0 radical (unpaired) electrons. The van der Waals surface area contributed by atoms with Gasteiger partial charge in [-0.1, -0.05) is 13.8 Å². The first-order valence-electron chi connectivity index (χ1n) is 5.60. The summed E-state index contributed by atoms with van der Waals surface area (Å²) in [4.78, 5) is 2.53. The van der Waals surface area contributed by atoms with Crippen molar-refractivity contribution in [1.29, 1.82) is 0 Å². The van der Waals surface area contributed by atoms with Crippen molar-refractivity contribution >= 4 is 0 Å². The van der Waals surface area contributed by atoms with Gasteiger partial charge in [0.15, 0.2) is 0 Å². The standard InChI is InChI=1S/C11H21NO/c1-3-12-6-4-11(5-7-12)8-10(2)9-13-11/h10H,3-9H2,1-2H3/t10-/m0/s1. The molecule has 0 amide bonds. The second-order valence-electron chi connectivity index (χ2n) is 4.74. The highest BCUT2D eigenvalue weighted by Gasteiger charge is 2.40. The Bertz CT molecular complexity index is 173. The molecule has 0 aromatic heterocycles. The molecule has 0 aromatic carbocycles. The van der Waals surface area contributed by atoms with Crippen LogP contribution in [0.2, 0.25) is 0 Å². The monoisotopic (exact) mass is 183 g/mol. The smallest absolute Gasteiger partial charge is 0.0710 e. The van der Waals surface area contributed by atoms with E-state index >= 15 is 0 Å². The second kappa shape index (κ2) is 3.58. The van der Waals surface area contributed by atoms with Gasteiger partial charge in [0.25, 0.3) is 0 Å². The molecule has 2 rings (SSSR count). The Morgan fingerprint density at radius 2 is 2.08 bits per heavy atom. The van der Waals surface area contributed by atoms with E-state index in [2.05, 4.69) is 18.7 Å². The van der Waals surface area contributed by atoms with Gasteiger partial charge in [-0.25, -0.2) is 0 Å². The molecule has 2 heteroatoms. The third kappa shape index (κ3) is 1.89. The molecule has 0 aliphatic carbocycles. The highest BCUT2D eigenvalue weighted by atomic mass is 16.5. The maximum Gasteiger partial charge on any atom is 0.0710 e. The summed E-state index contributed by atoms with van der Waals surface area (Å²) in [6.45, 7) is 9.22. The third-order valence-electron chi connectivity index (χ3n) is 3.61. The van der Waals surface area contributed by atoms with Crippen LogP contribution in [0.1, 0.15) is 33.1 Å². The second-order valence-corrected chi connectivity index (χ2v) is 4.74. The molecule has 2 aliphatic rings. The zero-order chi connectivity index (χ0) is 9.31. The molecule has 76 valence electrons. The molecule has 1 atom stereocenters. The number of ether oxygens (including phenoxy) is 1. The molecule has 1 spiro atoms. The predicted octanol–water partition coefficient (Wildman–Crippen LogP) is 1.90. The van der Waals surface area contributed by atoms with Crippen molar-refractivity contribution in [2.24, 2.45) is 5.92 Å². The van der Waals surface area contributed by atoms with Crippen LogP contribution >= 0.6 is 0 Å². The lowest BCUT2D eigenvalue weighted by molar-refractivity contribution is -0.0427. The quantitative estimate of drug-likeness (QED) is 0.615. The highest BCUT2D eigenvalue weighted by molar-refractivity contribution is 4.92. The van der Waals surface area contributed by atoms with Crippen molar-refractivity contribution in [3.63, 3.8) is 0 Å². The van der Waals surface area contributed by atoms with Gasteiger partial charge in [-0.3, -0.25) is 0 Å². The zero-order valence-electron chi connectivity index (χ0n) is 8.88. The van der Waals surface area contributed by atoms with E-state index < -0.39 is 0 Å². The van der Waals surface area contributed by atoms with Crippen molar-refractivity contribution in [1.82, 2.24) is 4.90 Å². The molecule has 2 saturated heterocycles. The first-order chi connectivity index (χ1) is 6.24. The van der Waals surface area contributed by atoms with Crippen molar-refractivity contribution in [2.75, 3.05) is 26.2 Å². The molecular weight excluding hydrogens is 162 g/mol. The van der Waals surface area contributed by atoms with Crippen molar-refractivity contribution in [2.45, 2.75) is 38.7 Å². The Hall–Kier alpha value is -0.0800. The summed E-state index contributed by atoms with van der Waals surface area (Å²) in [6, 6.07) is 0. The Balaban J connectivity index is 1.90. The average molecular weight is 183 g/mol. The fraction of sp³-hybridized carbons (Fsp3) is 1.00. The molecule has 0 bridgehead atoms. The average Bonchev–Trinajstić information content (AvgIpc) is 2.49. The van der Waals surface area contributed by atoms with Crippen LogP contribution in [0.15, 0.2) is 0 Å². The molecule has 0 aromatic rings. The van der Waals surface area contributed by atoms with E-state index in [0.717, 1.165) is 12.5 Å². The van der Waals surface area contributed by atoms with Gasteiger partial charge in [0.2, 0.25) is 0 Å². The molecule has 13 heavy (non-hydrogen) atoms. The van der Waals surface area contributed by atoms with Crippen molar-refractivity contribution in [3.05, 3.63) is 0 Å². The van der Waals surface area contributed by atoms with Gasteiger partial charge >= 0.3 is 0 Å². The van der Waals surface area contributed by atoms with E-state index in [9.17, 15) is 0 Å². The summed E-state index contributed by atoms with van der Waals surface area (Å²) in [5.74, 6) is 0.785. The van der Waals surface area contributed by atoms with Crippen LogP contribution in [0.25, 0.3) is 0 Å². The SMILES string of the molecule is CCN1CCC2(CC1)C[C@H](C)CO2. The summed E-state index contributed by atoms with van der Waals surface area (Å²) in [7, 11) is 0. The molecule has 2 heterocycles. The largest absolute Gasteiger partial charge is 0.375 e. The van der Waals surface area contributed by atoms with E-state index in [1.165, 1.54) is 38.9 Å². The van der Waals surface area contributed by atoms with Crippen LogP contribution in [-0.2, 0) is 4.74 Å². The van der Waals surface area contributed by atoms with E-state index in [1.54, 1.807) is 0 Å². The molecule has 0 saturated carbocycles. The van der Waals surface area contributed by atoms with Gasteiger partial charge in [-0.2, -0.15) is 0 Å². The fourth-order valence-electron chi connectivity index (χ4n) is 2.70. The normalized spacial score (nSPS) is 34.2. The van der Waals surface area contributed by atoms with E-state index in [0.29, 0.717) is 0 Å². The third-order valence-corrected chi connectivity index (χ3v) is 3.61. The molecule has 2 aliphatic heterocycles. The minimum atomic E-state index is 0.283. The minimum Gasteiger partial charge on any atom is -0.375 e. The van der Waals surface area contributed by atoms with Gasteiger partial charge in [0.05, 0.1) is 5.60 Å². The van der Waals surface area contributed by atoms with Crippen LogP contribution < -0.4 is 0 Å². The topological polar surface area (TPSA) is 12.5 Å². The molecular formula is C11H21NO. The summed E-state index contributed by atoms with van der Waals surface area (Å²) < 4.78 is 5.96. The molecule has 2 nitrogen and oxygen atoms in total. The fourth-order valence-corrected chi connectivity index (χ4v) is 2.70. The number of hydrogen-bond donors (Lipinski definition) is 0. The van der Waals surface area contributed by atoms with Crippen LogP contribution in [-0.4, -0.2) is 36.7 Å². The van der Waals surface area contributed by atoms with Gasteiger partial charge in [0, 0.05) is 19.7 Å². The van der Waals surface area contributed by atoms with Gasteiger partial charge < -0.3 is 9.64 Å². The number of hydrogen-bond acceptors (Lipinski definition) is 2. The Kier molecular flexibility index (Phi) is 2.61. The van der Waals surface area contributed by atoms with Crippen LogP contribution in [0.4, 0.5) is 0 Å². The number of nitrogens with zero attached hydrogens (tertiary/aromatic N) is 1. The summed E-state index contributed by atoms with van der Waals surface area (Å²) >= 11 is 0. The van der Waals surface area contributed by atoms with Gasteiger partial charge in [-0.05, 0) is 31.7 Å². The predicted molar refractivity (Wildman–Crippen MR) is 53.8 cm³/mol. The summed E-state index contributed by atoms with van der Waals surface area (Å²) in [6.07, 6.45) is 3.81. The maximum absolute atomic E-state index is 5.96. The van der Waals surface area contributed by atoms with E-state index in [1.807, 2.05) is 0 Å². The Morgan fingerprint density at radius 1 is 1.38 bits per heavy atom. The first-order valence-corrected chi connectivity index (χ1v) is 5.60. The summed E-state index contributed by atoms with van der Waals surface area (Å²) in [5, 5.41) is 0. The zero-order valence-corrected chi connectivity index (χ0v) is 8.88. The minimum absolute atomic E-state index is 0.283. The van der Waals surface area contributed by atoms with Crippen LogP contribution in [0.3, 0.4) is 0 Å².